The van der Waals surface area contributed by atoms with Crippen molar-refractivity contribution in [3.8, 4) is 0 Å². The van der Waals surface area contributed by atoms with E-state index in [1.807, 2.05) is 0 Å². The number of hydrogen-bond acceptors (Lipinski definition) is 8. The Morgan fingerprint density at radius 2 is 1.32 bits per heavy atom. The average molecular weight is 399 g/mol. The van der Waals surface area contributed by atoms with Crippen LogP contribution >= 0.6 is 21.6 Å². The molecule has 0 bridgehead atoms. The Bertz CT molecular complexity index is 270. The third-order valence-corrected chi connectivity index (χ3v) is 3.69. The van der Waals surface area contributed by atoms with E-state index in [0.29, 0.717) is 0 Å². The number of rotatable bonds is 7. The molecule has 0 saturated carbocycles. The molecule has 0 spiro atoms. The molecule has 0 aliphatic heterocycles. The zero-order valence-corrected chi connectivity index (χ0v) is 13.0. The molecule has 112 valence electrons. The predicted molar refractivity (Wildman–Crippen MR) is 64.9 cm³/mol. The second-order valence-corrected chi connectivity index (χ2v) is 5.25. The Labute approximate surface area is 130 Å². The molecule has 0 saturated heterocycles. The van der Waals surface area contributed by atoms with Gasteiger partial charge >= 0.3 is 11.9 Å². The smallest absolute Gasteiger partial charge is 0.321 e. The first-order valence-corrected chi connectivity index (χ1v) is 6.71. The molecule has 0 rings (SSSR count). The zero-order chi connectivity index (χ0) is 14.7. The van der Waals surface area contributed by atoms with Gasteiger partial charge in [-0.25, -0.2) is 0 Å². The number of carbonyl (C=O) groups is 2. The van der Waals surface area contributed by atoms with Crippen LogP contribution in [0.25, 0.3) is 0 Å². The fourth-order valence-corrected chi connectivity index (χ4v) is 2.61. The first-order valence-electron chi connectivity index (χ1n) is 4.23. The number of aliphatic carboxylic acids is 2. The minimum absolute atomic E-state index is 0. The van der Waals surface area contributed by atoms with Crippen LogP contribution < -0.4 is 11.5 Å². The first-order chi connectivity index (χ1) is 8.18. The summed E-state index contributed by atoms with van der Waals surface area (Å²) in [5, 5.41) is 30.5. The SMILES string of the molecule is NC(CSSCC(N)C(=O)O)C(=O)O.O=[N+]([O-])O.[Mo]. The van der Waals surface area contributed by atoms with E-state index in [1.54, 1.807) is 0 Å². The first kappa shape index (κ1) is 23.5. The standard InChI is InChI=1S/C6H12N2O4S2.Mo.HNO3/c7-3(5(9)10)1-13-14-2-4(8)6(11)12;;2-1(3)4/h3-4H,1-2,7-8H2,(H,9,10)(H,11,12);;(H,2,3,4). The van der Waals surface area contributed by atoms with Crippen LogP contribution in [-0.4, -0.2) is 56.0 Å². The van der Waals surface area contributed by atoms with Crippen molar-refractivity contribution < 1.29 is 51.2 Å². The minimum atomic E-state index is -1.50. The van der Waals surface area contributed by atoms with Gasteiger partial charge in [-0.3, -0.25) is 9.59 Å². The maximum atomic E-state index is 10.3. The fraction of sp³-hybridized carbons (Fsp3) is 0.667. The third-order valence-electron chi connectivity index (χ3n) is 1.21. The van der Waals surface area contributed by atoms with Gasteiger partial charge in [0.05, 0.1) is 0 Å². The van der Waals surface area contributed by atoms with Crippen LogP contribution in [-0.2, 0) is 30.7 Å². The van der Waals surface area contributed by atoms with Gasteiger partial charge in [0.15, 0.2) is 0 Å². The molecule has 2 atom stereocenters. The van der Waals surface area contributed by atoms with Crippen LogP contribution in [0.15, 0.2) is 0 Å². The zero-order valence-electron chi connectivity index (χ0n) is 9.37. The quantitative estimate of drug-likeness (QED) is 0.114. The third kappa shape index (κ3) is 19.9. The van der Waals surface area contributed by atoms with Crippen molar-refractivity contribution in [2.75, 3.05) is 11.5 Å². The Kier molecular flexibility index (Phi) is 17.2. The van der Waals surface area contributed by atoms with Crippen LogP contribution in [0.4, 0.5) is 0 Å². The van der Waals surface area contributed by atoms with Crippen molar-refractivity contribution in [2.24, 2.45) is 11.5 Å². The molecule has 0 fully saturated rings. The molecule has 0 aromatic rings. The number of carboxylic acids is 2. The van der Waals surface area contributed by atoms with E-state index in [-0.39, 0.29) is 32.6 Å². The Hall–Kier alpha value is -0.552. The Morgan fingerprint density at radius 3 is 1.47 bits per heavy atom. The molecule has 0 amide bonds. The van der Waals surface area contributed by atoms with Gasteiger partial charge in [0, 0.05) is 32.6 Å². The number of hydrogen-bond donors (Lipinski definition) is 5. The Balaban J connectivity index is -0.000000448. The molecule has 0 aromatic carbocycles. The fourth-order valence-electron chi connectivity index (χ4n) is 0.385. The average Bonchev–Trinajstić information content (AvgIpc) is 2.22. The van der Waals surface area contributed by atoms with E-state index in [4.69, 9.17) is 37.0 Å². The molecule has 7 N–H and O–H groups in total. The van der Waals surface area contributed by atoms with Gasteiger partial charge < -0.3 is 26.9 Å². The molecule has 13 heteroatoms. The van der Waals surface area contributed by atoms with Gasteiger partial charge in [-0.05, 0) is 0 Å². The number of carboxylic acid groups (broad SMARTS) is 2. The summed E-state index contributed by atoms with van der Waals surface area (Å²) in [6.45, 7) is 0. The second kappa shape index (κ2) is 13.9. The molecule has 19 heavy (non-hydrogen) atoms. The van der Waals surface area contributed by atoms with Gasteiger partial charge in [-0.15, -0.1) is 10.1 Å². The number of nitrogens with two attached hydrogens (primary N) is 2. The predicted octanol–water partition coefficient (Wildman–Crippen LogP) is -1.16. The van der Waals surface area contributed by atoms with Crippen LogP contribution in [0.2, 0.25) is 0 Å². The largest absolute Gasteiger partial charge is 0.480 e. The summed E-state index contributed by atoms with van der Waals surface area (Å²) in [5.41, 5.74) is 10.4. The molecule has 10 nitrogen and oxygen atoms in total. The van der Waals surface area contributed by atoms with E-state index in [2.05, 4.69) is 0 Å². The van der Waals surface area contributed by atoms with E-state index >= 15 is 0 Å². The monoisotopic (exact) mass is 401 g/mol. The summed E-state index contributed by atoms with van der Waals surface area (Å²) < 4.78 is 0. The number of nitrogens with zero attached hydrogens (tertiary/aromatic N) is 1. The van der Waals surface area contributed by atoms with Crippen molar-refractivity contribution in [3.63, 3.8) is 0 Å². The Morgan fingerprint density at radius 1 is 1.11 bits per heavy atom. The summed E-state index contributed by atoms with van der Waals surface area (Å²) in [6, 6.07) is -1.85. The summed E-state index contributed by atoms with van der Waals surface area (Å²) >= 11 is 0. The van der Waals surface area contributed by atoms with Gasteiger partial charge in [0.25, 0.3) is 5.09 Å². The normalized spacial score (nSPS) is 12.1. The van der Waals surface area contributed by atoms with Gasteiger partial charge in [0.2, 0.25) is 0 Å². The van der Waals surface area contributed by atoms with Gasteiger partial charge in [-0.2, -0.15) is 0 Å². The van der Waals surface area contributed by atoms with E-state index < -0.39 is 29.1 Å². The van der Waals surface area contributed by atoms with Crippen molar-refractivity contribution in [2.45, 2.75) is 12.1 Å². The molecule has 2 unspecified atom stereocenters. The summed E-state index contributed by atoms with van der Waals surface area (Å²) in [5.74, 6) is -1.68. The molecule has 0 aliphatic carbocycles. The summed E-state index contributed by atoms with van der Waals surface area (Å²) in [7, 11) is 2.41. The molecular formula is C6H13MoN3O7S2. The summed E-state index contributed by atoms with van der Waals surface area (Å²) in [6.07, 6.45) is 0. The van der Waals surface area contributed by atoms with E-state index in [0.717, 1.165) is 0 Å². The van der Waals surface area contributed by atoms with Crippen molar-refractivity contribution in [1.29, 1.82) is 0 Å². The molecule has 0 heterocycles. The van der Waals surface area contributed by atoms with Crippen molar-refractivity contribution in [1.82, 2.24) is 0 Å². The van der Waals surface area contributed by atoms with Crippen LogP contribution in [0.1, 0.15) is 0 Å². The van der Waals surface area contributed by atoms with Crippen molar-refractivity contribution >= 4 is 33.5 Å². The molecule has 0 radical (unpaired) electrons. The molecular weight excluding hydrogens is 386 g/mol. The van der Waals surface area contributed by atoms with Gasteiger partial charge in [-0.1, -0.05) is 21.6 Å². The molecule has 0 aromatic heterocycles. The second-order valence-electron chi connectivity index (χ2n) is 2.70. The van der Waals surface area contributed by atoms with Crippen LogP contribution in [0.3, 0.4) is 0 Å². The van der Waals surface area contributed by atoms with E-state index in [9.17, 15) is 9.59 Å². The van der Waals surface area contributed by atoms with Gasteiger partial charge in [0.1, 0.15) is 12.1 Å². The van der Waals surface area contributed by atoms with E-state index in [1.165, 1.54) is 21.6 Å². The van der Waals surface area contributed by atoms with Crippen LogP contribution in [0, 0.1) is 10.1 Å². The minimum Gasteiger partial charge on any atom is -0.480 e. The maximum absolute atomic E-state index is 10.3. The topological polar surface area (TPSA) is 190 Å². The summed E-state index contributed by atoms with van der Waals surface area (Å²) in [4.78, 5) is 28.9. The van der Waals surface area contributed by atoms with Crippen LogP contribution in [0.5, 0.6) is 0 Å². The maximum Gasteiger partial charge on any atom is 0.321 e. The molecule has 0 aliphatic rings. The van der Waals surface area contributed by atoms with Crippen molar-refractivity contribution in [3.05, 3.63) is 10.1 Å².